The second-order valence-corrected chi connectivity index (χ2v) is 9.05. The fraction of sp³-hybridized carbons (Fsp3) is 0.591. The molecule has 7 rings (SSSR count). The maximum atomic E-state index is 13.3. The monoisotopic (exact) mass is 366 g/mol. The molecule has 1 aromatic rings. The van der Waals surface area contributed by atoms with Crippen molar-refractivity contribution in [3.05, 3.63) is 41.5 Å². The Morgan fingerprint density at radius 3 is 2.89 bits per heavy atom. The van der Waals surface area contributed by atoms with Crippen molar-refractivity contribution in [2.75, 3.05) is 25.6 Å². The van der Waals surface area contributed by atoms with E-state index in [1.165, 1.54) is 23.9 Å². The van der Waals surface area contributed by atoms with Gasteiger partial charge in [-0.05, 0) is 31.4 Å². The average Bonchev–Trinajstić information content (AvgIpc) is 3.08. The highest BCUT2D eigenvalue weighted by molar-refractivity contribution is 5.84. The first-order valence-electron chi connectivity index (χ1n) is 10.0. The van der Waals surface area contributed by atoms with Gasteiger partial charge in [0, 0.05) is 42.7 Å². The Kier molecular flexibility index (Phi) is 2.84. The van der Waals surface area contributed by atoms with E-state index in [9.17, 15) is 9.90 Å². The second kappa shape index (κ2) is 4.76. The van der Waals surface area contributed by atoms with Crippen molar-refractivity contribution in [3.8, 4) is 0 Å². The van der Waals surface area contributed by atoms with Crippen molar-refractivity contribution in [2.24, 2.45) is 11.3 Å². The van der Waals surface area contributed by atoms with E-state index >= 15 is 0 Å². The van der Waals surface area contributed by atoms with E-state index < -0.39 is 11.5 Å². The van der Waals surface area contributed by atoms with Crippen LogP contribution < -0.4 is 4.90 Å². The lowest BCUT2D eigenvalue weighted by Crippen LogP contribution is -2.71. The van der Waals surface area contributed by atoms with Gasteiger partial charge < -0.3 is 14.7 Å². The summed E-state index contributed by atoms with van der Waals surface area (Å²) in [6.07, 6.45) is 3.19. The molecule has 8 atom stereocenters. The molecule has 1 spiro atoms. The highest BCUT2D eigenvalue weighted by Crippen LogP contribution is 2.72. The number of rotatable bonds is 1. The maximum Gasteiger partial charge on any atom is 0.316 e. The van der Waals surface area contributed by atoms with Crippen LogP contribution in [0.5, 0.6) is 0 Å². The zero-order valence-corrected chi connectivity index (χ0v) is 16.1. The van der Waals surface area contributed by atoms with Crippen LogP contribution in [-0.4, -0.2) is 60.9 Å². The minimum Gasteiger partial charge on any atom is -0.468 e. The zero-order valence-electron chi connectivity index (χ0n) is 16.1. The smallest absolute Gasteiger partial charge is 0.316 e. The molecule has 1 aliphatic carbocycles. The summed E-state index contributed by atoms with van der Waals surface area (Å²) in [5, 5.41) is 12.0. The van der Waals surface area contributed by atoms with Crippen molar-refractivity contribution in [3.63, 3.8) is 0 Å². The molecule has 1 saturated carbocycles. The van der Waals surface area contributed by atoms with Crippen molar-refractivity contribution in [1.82, 2.24) is 4.90 Å². The van der Waals surface area contributed by atoms with Crippen molar-refractivity contribution in [1.29, 1.82) is 0 Å². The van der Waals surface area contributed by atoms with Crippen molar-refractivity contribution >= 4 is 11.7 Å². The number of anilines is 1. The number of carbonyl (C=O) groups excluding carboxylic acids is 1. The van der Waals surface area contributed by atoms with Gasteiger partial charge in [0.25, 0.3) is 0 Å². The van der Waals surface area contributed by atoms with E-state index in [1.54, 1.807) is 0 Å². The van der Waals surface area contributed by atoms with Gasteiger partial charge in [0.1, 0.15) is 5.41 Å². The summed E-state index contributed by atoms with van der Waals surface area (Å²) >= 11 is 0. The Balaban J connectivity index is 1.67. The van der Waals surface area contributed by atoms with Crippen molar-refractivity contribution < 1.29 is 14.6 Å². The number of aliphatic hydroxyl groups is 1. The molecule has 27 heavy (non-hydrogen) atoms. The van der Waals surface area contributed by atoms with Crippen LogP contribution in [0.15, 0.2) is 35.9 Å². The predicted molar refractivity (Wildman–Crippen MR) is 102 cm³/mol. The van der Waals surface area contributed by atoms with Gasteiger partial charge in [-0.15, -0.1) is 0 Å². The van der Waals surface area contributed by atoms with E-state index in [2.05, 4.69) is 54.1 Å². The molecule has 5 heterocycles. The standard InChI is InChI=1S/C22H26N2O3/c1-4-12-11-24-16-9-14(12)22(20(26)27-3)17(24)10-21(19(22)25)13-7-5-6-8-15(13)23(2)18(16)21/h4-8,14,16-19,25H,9-11H2,1-3H3/b12-4+/t14-,16-,17-,18+,19?,21+,22-/m0/s1. The summed E-state index contributed by atoms with van der Waals surface area (Å²) in [7, 11) is 3.63. The molecule has 5 bridgehead atoms. The van der Waals surface area contributed by atoms with Crippen LogP contribution in [0.3, 0.4) is 0 Å². The first-order valence-corrected chi connectivity index (χ1v) is 10.0. The van der Waals surface area contributed by atoms with Crippen LogP contribution in [0, 0.1) is 11.3 Å². The van der Waals surface area contributed by atoms with Crippen molar-refractivity contribution in [2.45, 2.75) is 49.4 Å². The van der Waals surface area contributed by atoms with E-state index in [4.69, 9.17) is 4.74 Å². The lowest BCUT2D eigenvalue weighted by Gasteiger charge is -2.61. The summed E-state index contributed by atoms with van der Waals surface area (Å²) in [6, 6.07) is 9.09. The Bertz CT molecular complexity index is 897. The van der Waals surface area contributed by atoms with E-state index in [1.807, 2.05) is 0 Å². The number of fused-ring (bicyclic) bond motifs is 2. The summed E-state index contributed by atoms with van der Waals surface area (Å²) in [5.41, 5.74) is 2.48. The fourth-order valence-corrected chi connectivity index (χ4v) is 7.97. The zero-order chi connectivity index (χ0) is 18.7. The minimum absolute atomic E-state index is 0.0585. The molecule has 2 unspecified atom stereocenters. The number of allylic oxidation sites excluding steroid dienone is 1. The van der Waals surface area contributed by atoms with Gasteiger partial charge in [-0.1, -0.05) is 29.8 Å². The molecule has 5 aliphatic heterocycles. The molecule has 0 amide bonds. The number of aliphatic hydroxyl groups excluding tert-OH is 1. The Morgan fingerprint density at radius 1 is 1.37 bits per heavy atom. The highest BCUT2D eigenvalue weighted by Gasteiger charge is 2.82. The normalized spacial score (nSPS) is 49.5. The van der Waals surface area contributed by atoms with Crippen LogP contribution in [0.25, 0.3) is 0 Å². The number of hydrogen-bond donors (Lipinski definition) is 1. The number of esters is 1. The summed E-state index contributed by atoms with van der Waals surface area (Å²) in [4.78, 5) is 18.2. The largest absolute Gasteiger partial charge is 0.468 e. The molecule has 1 aromatic carbocycles. The third kappa shape index (κ3) is 1.40. The van der Waals surface area contributed by atoms with Gasteiger partial charge >= 0.3 is 5.97 Å². The van der Waals surface area contributed by atoms with Crippen LogP contribution in [0.1, 0.15) is 25.3 Å². The van der Waals surface area contributed by atoms with Gasteiger partial charge in [-0.3, -0.25) is 9.69 Å². The van der Waals surface area contributed by atoms with Gasteiger partial charge in [0.15, 0.2) is 0 Å². The number of methoxy groups -OCH3 is 1. The minimum atomic E-state index is -0.849. The molecule has 5 nitrogen and oxygen atoms in total. The third-order valence-corrected chi connectivity index (χ3v) is 8.72. The van der Waals surface area contributed by atoms with Gasteiger partial charge in [0.2, 0.25) is 0 Å². The van der Waals surface area contributed by atoms with Crippen LogP contribution in [-0.2, 0) is 14.9 Å². The Hall–Kier alpha value is -1.85. The first-order chi connectivity index (χ1) is 13.0. The van der Waals surface area contributed by atoms with Gasteiger partial charge in [0.05, 0.1) is 19.3 Å². The number of ether oxygens (including phenoxy) is 1. The maximum absolute atomic E-state index is 13.3. The molecule has 1 N–H and O–H groups in total. The predicted octanol–water partition coefficient (Wildman–Crippen LogP) is 1.70. The SMILES string of the molecule is C/C=C1\CN2[C@H]3C[C@@]45c6ccccc6N(C)[C@@H]4[C@@H]2C[C@@H]1[C@@]3(C(=O)OC)C5O. The second-order valence-electron chi connectivity index (χ2n) is 9.05. The summed E-state index contributed by atoms with van der Waals surface area (Å²) in [6.45, 7) is 2.97. The summed E-state index contributed by atoms with van der Waals surface area (Å²) in [5.74, 6) is -0.146. The molecule has 5 heteroatoms. The quantitative estimate of drug-likeness (QED) is 0.606. The van der Waals surface area contributed by atoms with E-state index in [-0.39, 0.29) is 29.4 Å². The van der Waals surface area contributed by atoms with Gasteiger partial charge in [-0.2, -0.15) is 0 Å². The highest BCUT2D eigenvalue weighted by atomic mass is 16.5. The summed E-state index contributed by atoms with van der Waals surface area (Å²) < 4.78 is 5.37. The van der Waals surface area contributed by atoms with E-state index in [0.717, 1.165) is 19.4 Å². The number of piperidine rings is 4. The number of likely N-dealkylation sites (N-methyl/N-ethyl adjacent to an activating group) is 1. The molecule has 0 radical (unpaired) electrons. The molecular formula is C22H26N2O3. The number of benzene rings is 1. The topological polar surface area (TPSA) is 53.0 Å². The third-order valence-electron chi connectivity index (χ3n) is 8.72. The number of hydrogen-bond acceptors (Lipinski definition) is 5. The Labute approximate surface area is 159 Å². The number of para-hydroxylation sites is 1. The lowest BCUT2D eigenvalue weighted by atomic mass is 9.58. The molecule has 6 aliphatic rings. The molecule has 4 saturated heterocycles. The fourth-order valence-electron chi connectivity index (χ4n) is 7.97. The number of carbonyl (C=O) groups is 1. The Morgan fingerprint density at radius 2 is 2.15 bits per heavy atom. The van der Waals surface area contributed by atoms with E-state index in [0.29, 0.717) is 6.04 Å². The van der Waals surface area contributed by atoms with Crippen LogP contribution >= 0.6 is 0 Å². The van der Waals surface area contributed by atoms with Crippen LogP contribution in [0.4, 0.5) is 5.69 Å². The van der Waals surface area contributed by atoms with Crippen LogP contribution in [0.2, 0.25) is 0 Å². The molecular weight excluding hydrogens is 340 g/mol. The molecule has 0 aromatic heterocycles. The molecule has 142 valence electrons. The first kappa shape index (κ1) is 16.1. The van der Waals surface area contributed by atoms with Gasteiger partial charge in [-0.25, -0.2) is 0 Å². The number of nitrogens with zero attached hydrogens (tertiary/aromatic N) is 2. The average molecular weight is 366 g/mol. The lowest BCUT2D eigenvalue weighted by molar-refractivity contribution is -0.179. The molecule has 5 fully saturated rings.